The van der Waals surface area contributed by atoms with Crippen molar-refractivity contribution in [1.82, 2.24) is 9.71 Å². The summed E-state index contributed by atoms with van der Waals surface area (Å²) in [5.74, 6) is -0.125. The van der Waals surface area contributed by atoms with Crippen molar-refractivity contribution in [3.05, 3.63) is 60.2 Å². The van der Waals surface area contributed by atoms with E-state index in [9.17, 15) is 12.8 Å². The van der Waals surface area contributed by atoms with Gasteiger partial charge in [-0.05, 0) is 36.4 Å². The molecule has 5 nitrogen and oxygen atoms in total. The van der Waals surface area contributed by atoms with Crippen molar-refractivity contribution >= 4 is 10.0 Å². The molecule has 2 aromatic rings. The fourth-order valence-electron chi connectivity index (χ4n) is 1.56. The Morgan fingerprint density at radius 3 is 2.57 bits per heavy atom. The highest BCUT2D eigenvalue weighted by molar-refractivity contribution is 7.89. The van der Waals surface area contributed by atoms with Crippen molar-refractivity contribution in [2.75, 3.05) is 12.4 Å². The van der Waals surface area contributed by atoms with Crippen LogP contribution in [-0.2, 0) is 16.6 Å². The van der Waals surface area contributed by atoms with E-state index >= 15 is 0 Å². The fourth-order valence-corrected chi connectivity index (χ4v) is 2.37. The lowest BCUT2D eigenvalue weighted by atomic mass is 10.3. The summed E-state index contributed by atoms with van der Waals surface area (Å²) < 4.78 is 43.9. The maximum atomic E-state index is 12.7. The van der Waals surface area contributed by atoms with Crippen LogP contribution >= 0.6 is 0 Å². The van der Waals surface area contributed by atoms with E-state index in [1.165, 1.54) is 24.3 Å². The van der Waals surface area contributed by atoms with E-state index in [4.69, 9.17) is 4.74 Å². The summed E-state index contributed by atoms with van der Waals surface area (Å²) in [5.41, 5.74) is 0.639. The summed E-state index contributed by atoms with van der Waals surface area (Å²) in [6.07, 6.45) is 1.60. The Labute approximate surface area is 122 Å². The topological polar surface area (TPSA) is 68.3 Å². The van der Waals surface area contributed by atoms with Crippen molar-refractivity contribution in [2.45, 2.75) is 6.54 Å². The van der Waals surface area contributed by atoms with Crippen LogP contribution in [-0.4, -0.2) is 25.8 Å². The summed E-state index contributed by atoms with van der Waals surface area (Å²) in [7, 11) is -3.45. The van der Waals surface area contributed by atoms with E-state index in [0.29, 0.717) is 11.4 Å². The number of ether oxygens (including phenoxy) is 1. The summed E-state index contributed by atoms with van der Waals surface area (Å²) in [6.45, 7) is 0.128. The molecule has 1 N–H and O–H groups in total. The molecule has 0 spiro atoms. The molecule has 0 atom stereocenters. The van der Waals surface area contributed by atoms with E-state index in [1.807, 2.05) is 0 Å². The molecule has 1 aromatic heterocycles. The molecule has 0 radical (unpaired) electrons. The van der Waals surface area contributed by atoms with Crippen molar-refractivity contribution < 1.29 is 17.5 Å². The third-order valence-electron chi connectivity index (χ3n) is 2.63. The molecular formula is C14H15FN2O3S. The normalized spacial score (nSPS) is 11.3. The number of nitrogens with one attached hydrogen (secondary N) is 1. The zero-order valence-corrected chi connectivity index (χ0v) is 12.0. The highest BCUT2D eigenvalue weighted by Gasteiger charge is 2.10. The first-order valence-corrected chi connectivity index (χ1v) is 7.96. The lowest BCUT2D eigenvalue weighted by Crippen LogP contribution is -2.28. The van der Waals surface area contributed by atoms with Crippen LogP contribution in [0.1, 0.15) is 5.69 Å². The quantitative estimate of drug-likeness (QED) is 0.845. The molecular weight excluding hydrogens is 295 g/mol. The second kappa shape index (κ2) is 7.14. The van der Waals surface area contributed by atoms with Crippen LogP contribution in [0, 0.1) is 5.82 Å². The molecule has 21 heavy (non-hydrogen) atoms. The van der Waals surface area contributed by atoms with Crippen LogP contribution in [0.15, 0.2) is 48.7 Å². The fraction of sp³-hybridized carbons (Fsp3) is 0.214. The maximum absolute atomic E-state index is 12.7. The standard InChI is InChI=1S/C14H15FN2O3S/c15-12-4-6-14(7-5-12)20-9-10-21(18,19)17-11-13-3-1-2-8-16-13/h1-8,17H,9-11H2. The van der Waals surface area contributed by atoms with E-state index in [2.05, 4.69) is 9.71 Å². The minimum absolute atomic E-state index is 0.0107. The third-order valence-corrected chi connectivity index (χ3v) is 3.92. The maximum Gasteiger partial charge on any atom is 0.215 e. The number of halogens is 1. The molecule has 2 rings (SSSR count). The van der Waals surface area contributed by atoms with E-state index in [0.717, 1.165) is 0 Å². The van der Waals surface area contributed by atoms with Crippen LogP contribution in [0.2, 0.25) is 0 Å². The minimum atomic E-state index is -3.45. The molecule has 0 saturated heterocycles. The molecule has 7 heteroatoms. The number of sulfonamides is 1. The van der Waals surface area contributed by atoms with Crippen molar-refractivity contribution in [3.8, 4) is 5.75 Å². The molecule has 0 aliphatic heterocycles. The summed E-state index contributed by atoms with van der Waals surface area (Å²) in [6, 6.07) is 10.7. The number of hydrogen-bond donors (Lipinski definition) is 1. The van der Waals surface area contributed by atoms with E-state index in [-0.39, 0.29) is 24.7 Å². The van der Waals surface area contributed by atoms with Gasteiger partial charge in [0.05, 0.1) is 18.0 Å². The first-order valence-electron chi connectivity index (χ1n) is 6.31. The van der Waals surface area contributed by atoms with Crippen molar-refractivity contribution in [1.29, 1.82) is 0 Å². The summed E-state index contributed by atoms with van der Waals surface area (Å²) in [4.78, 5) is 4.02. The van der Waals surface area contributed by atoms with Crippen molar-refractivity contribution in [2.24, 2.45) is 0 Å². The molecule has 112 valence electrons. The first-order chi connectivity index (χ1) is 10.1. The van der Waals surface area contributed by atoms with Gasteiger partial charge in [0.15, 0.2) is 0 Å². The lowest BCUT2D eigenvalue weighted by Gasteiger charge is -2.08. The van der Waals surface area contributed by atoms with Gasteiger partial charge < -0.3 is 4.74 Å². The van der Waals surface area contributed by atoms with Crippen LogP contribution in [0.4, 0.5) is 4.39 Å². The largest absolute Gasteiger partial charge is 0.492 e. The second-order valence-electron chi connectivity index (χ2n) is 4.26. The molecule has 0 saturated carbocycles. The van der Waals surface area contributed by atoms with Gasteiger partial charge in [0.2, 0.25) is 10.0 Å². The zero-order chi connectivity index (χ0) is 15.1. The Hall–Kier alpha value is -1.99. The predicted octanol–water partition coefficient (Wildman–Crippen LogP) is 1.72. The Morgan fingerprint density at radius 2 is 1.90 bits per heavy atom. The van der Waals surface area contributed by atoms with E-state index < -0.39 is 10.0 Å². The van der Waals surface area contributed by atoms with Gasteiger partial charge in [0.1, 0.15) is 18.2 Å². The van der Waals surface area contributed by atoms with E-state index in [1.54, 1.807) is 24.4 Å². The average Bonchev–Trinajstić information content (AvgIpc) is 2.48. The van der Waals surface area contributed by atoms with Crippen molar-refractivity contribution in [3.63, 3.8) is 0 Å². The number of nitrogens with zero attached hydrogens (tertiary/aromatic N) is 1. The predicted molar refractivity (Wildman–Crippen MR) is 76.8 cm³/mol. The van der Waals surface area contributed by atoms with Gasteiger partial charge in [-0.2, -0.15) is 0 Å². The van der Waals surface area contributed by atoms with Crippen LogP contribution in [0.3, 0.4) is 0 Å². The second-order valence-corrected chi connectivity index (χ2v) is 6.19. The van der Waals surface area contributed by atoms with Gasteiger partial charge in [0, 0.05) is 6.20 Å². The van der Waals surface area contributed by atoms with Crippen LogP contribution in [0.25, 0.3) is 0 Å². The summed E-state index contributed by atoms with van der Waals surface area (Å²) in [5, 5.41) is 0. The Balaban J connectivity index is 1.77. The highest BCUT2D eigenvalue weighted by atomic mass is 32.2. The number of pyridine rings is 1. The molecule has 0 bridgehead atoms. The molecule has 1 aromatic carbocycles. The van der Waals surface area contributed by atoms with Gasteiger partial charge in [-0.3, -0.25) is 4.98 Å². The van der Waals surface area contributed by atoms with Crippen LogP contribution in [0.5, 0.6) is 5.75 Å². The van der Waals surface area contributed by atoms with Gasteiger partial charge in [-0.15, -0.1) is 0 Å². The molecule has 0 unspecified atom stereocenters. The third kappa shape index (κ3) is 5.49. The first kappa shape index (κ1) is 15.4. The number of aromatic nitrogens is 1. The average molecular weight is 310 g/mol. The SMILES string of the molecule is O=S(=O)(CCOc1ccc(F)cc1)NCc1ccccn1. The highest BCUT2D eigenvalue weighted by Crippen LogP contribution is 2.10. The molecule has 0 aliphatic carbocycles. The number of rotatable bonds is 7. The van der Waals surface area contributed by atoms with Gasteiger partial charge in [-0.25, -0.2) is 17.5 Å². The Kier molecular flexibility index (Phi) is 5.24. The van der Waals surface area contributed by atoms with Gasteiger partial charge in [-0.1, -0.05) is 6.07 Å². The molecule has 1 heterocycles. The Morgan fingerprint density at radius 1 is 1.14 bits per heavy atom. The monoisotopic (exact) mass is 310 g/mol. The van der Waals surface area contributed by atoms with Gasteiger partial charge in [0.25, 0.3) is 0 Å². The smallest absolute Gasteiger partial charge is 0.215 e. The lowest BCUT2D eigenvalue weighted by molar-refractivity contribution is 0.339. The van der Waals surface area contributed by atoms with Gasteiger partial charge >= 0.3 is 0 Å². The Bertz CT molecular complexity index is 660. The minimum Gasteiger partial charge on any atom is -0.492 e. The number of benzene rings is 1. The molecule has 0 aliphatic rings. The zero-order valence-electron chi connectivity index (χ0n) is 11.2. The number of hydrogen-bond acceptors (Lipinski definition) is 4. The summed E-state index contributed by atoms with van der Waals surface area (Å²) >= 11 is 0. The molecule has 0 amide bonds. The molecule has 0 fully saturated rings. The van der Waals surface area contributed by atoms with Crippen LogP contribution < -0.4 is 9.46 Å².